The molecule has 0 saturated heterocycles. The lowest BCUT2D eigenvalue weighted by molar-refractivity contribution is -0.401. The first-order chi connectivity index (χ1) is 5.70. The minimum absolute atomic E-state index is 0.450. The summed E-state index contributed by atoms with van der Waals surface area (Å²) in [6.07, 6.45) is 0.996. The van der Waals surface area contributed by atoms with E-state index < -0.39 is 4.92 Å². The molecule has 0 saturated carbocycles. The molecule has 0 spiro atoms. The smallest absolute Gasteiger partial charge is 0.248 e. The summed E-state index contributed by atoms with van der Waals surface area (Å²) in [5, 5.41) is 10.1. The summed E-state index contributed by atoms with van der Waals surface area (Å²) in [7, 11) is 0. The molecular formula is C8H6INO2. The van der Waals surface area contributed by atoms with E-state index in [0.717, 1.165) is 11.8 Å². The second kappa shape index (κ2) is 4.20. The molecule has 4 heteroatoms. The third-order valence-corrected chi connectivity index (χ3v) is 2.17. The van der Waals surface area contributed by atoms with E-state index in [-0.39, 0.29) is 0 Å². The maximum atomic E-state index is 10.1. The molecule has 0 aromatic heterocycles. The van der Waals surface area contributed by atoms with Crippen LogP contribution in [0.3, 0.4) is 0 Å². The monoisotopic (exact) mass is 275 g/mol. The van der Waals surface area contributed by atoms with Crippen LogP contribution in [0.4, 0.5) is 0 Å². The van der Waals surface area contributed by atoms with Crippen LogP contribution in [0.5, 0.6) is 0 Å². The molecule has 0 aliphatic rings. The molecule has 0 N–H and O–H groups in total. The normalized spacial score (nSPS) is 11.2. The largest absolute Gasteiger partial charge is 0.259 e. The third-order valence-electron chi connectivity index (χ3n) is 1.27. The van der Waals surface area contributed by atoms with Crippen LogP contribution in [0.15, 0.2) is 36.5 Å². The first-order valence-electron chi connectivity index (χ1n) is 3.26. The molecule has 0 unspecified atom stereocenters. The van der Waals surface area contributed by atoms with Crippen molar-refractivity contribution in [1.82, 2.24) is 0 Å². The van der Waals surface area contributed by atoms with Crippen molar-refractivity contribution in [2.24, 2.45) is 0 Å². The fraction of sp³-hybridized carbons (Fsp3) is 0. The molecule has 0 amide bonds. The fourth-order valence-corrected chi connectivity index (χ4v) is 1.35. The van der Waals surface area contributed by atoms with E-state index in [0.29, 0.717) is 3.58 Å². The summed E-state index contributed by atoms with van der Waals surface area (Å²) in [6, 6.07) is 9.24. The summed E-state index contributed by atoms with van der Waals surface area (Å²) in [5.74, 6) is 0. The van der Waals surface area contributed by atoms with Gasteiger partial charge in [0.05, 0.1) is 8.50 Å². The molecule has 0 aliphatic carbocycles. The predicted molar refractivity (Wildman–Crippen MR) is 55.4 cm³/mol. The van der Waals surface area contributed by atoms with Gasteiger partial charge in [0.15, 0.2) is 0 Å². The third kappa shape index (κ3) is 2.61. The van der Waals surface area contributed by atoms with Crippen LogP contribution in [0, 0.1) is 10.1 Å². The maximum Gasteiger partial charge on any atom is 0.248 e. The number of halogens is 1. The molecule has 0 fully saturated rings. The zero-order valence-electron chi connectivity index (χ0n) is 6.11. The molecule has 0 atom stereocenters. The van der Waals surface area contributed by atoms with Gasteiger partial charge in [-0.25, -0.2) is 0 Å². The number of benzene rings is 1. The van der Waals surface area contributed by atoms with Crippen LogP contribution in [-0.2, 0) is 0 Å². The lowest BCUT2D eigenvalue weighted by Crippen LogP contribution is -1.85. The van der Waals surface area contributed by atoms with Gasteiger partial charge in [0.1, 0.15) is 0 Å². The van der Waals surface area contributed by atoms with Gasteiger partial charge in [-0.15, -0.1) is 0 Å². The number of hydrogen-bond acceptors (Lipinski definition) is 2. The first kappa shape index (κ1) is 9.18. The van der Waals surface area contributed by atoms with E-state index in [1.165, 1.54) is 0 Å². The lowest BCUT2D eigenvalue weighted by atomic mass is 10.2. The highest BCUT2D eigenvalue weighted by Gasteiger charge is 1.99. The van der Waals surface area contributed by atoms with Gasteiger partial charge in [-0.05, 0) is 28.2 Å². The van der Waals surface area contributed by atoms with Crippen LogP contribution in [0.25, 0.3) is 3.58 Å². The fourth-order valence-electron chi connectivity index (χ4n) is 0.764. The minimum Gasteiger partial charge on any atom is -0.259 e. The second-order valence-electron chi connectivity index (χ2n) is 2.13. The van der Waals surface area contributed by atoms with Crippen molar-refractivity contribution in [3.8, 4) is 0 Å². The topological polar surface area (TPSA) is 43.1 Å². The molecule has 1 rings (SSSR count). The molecule has 1 aromatic rings. The van der Waals surface area contributed by atoms with E-state index in [4.69, 9.17) is 0 Å². The highest BCUT2D eigenvalue weighted by Crippen LogP contribution is 2.20. The summed E-state index contributed by atoms with van der Waals surface area (Å²) in [6.45, 7) is 0. The zero-order valence-corrected chi connectivity index (χ0v) is 8.26. The Balaban J connectivity index is 2.93. The van der Waals surface area contributed by atoms with Gasteiger partial charge in [0.25, 0.3) is 0 Å². The number of rotatable bonds is 2. The zero-order chi connectivity index (χ0) is 8.97. The van der Waals surface area contributed by atoms with Gasteiger partial charge in [0, 0.05) is 0 Å². The predicted octanol–water partition coefficient (Wildman–Crippen LogP) is 2.70. The van der Waals surface area contributed by atoms with E-state index in [2.05, 4.69) is 0 Å². The van der Waals surface area contributed by atoms with Gasteiger partial charge in [-0.3, -0.25) is 10.1 Å². The molecular weight excluding hydrogens is 269 g/mol. The van der Waals surface area contributed by atoms with E-state index >= 15 is 0 Å². The molecule has 0 bridgehead atoms. The highest BCUT2D eigenvalue weighted by molar-refractivity contribution is 14.1. The summed E-state index contributed by atoms with van der Waals surface area (Å²) in [4.78, 5) is 9.66. The molecule has 0 radical (unpaired) electrons. The highest BCUT2D eigenvalue weighted by atomic mass is 127. The summed E-state index contributed by atoms with van der Waals surface area (Å²) < 4.78 is 0.637. The number of nitrogens with zero attached hydrogens (tertiary/aromatic N) is 1. The SMILES string of the molecule is O=[N+]([O-])/C=C(\I)c1ccccc1. The molecule has 62 valence electrons. The van der Waals surface area contributed by atoms with Crippen LogP contribution in [-0.4, -0.2) is 4.92 Å². The van der Waals surface area contributed by atoms with Crippen molar-refractivity contribution in [2.75, 3.05) is 0 Å². The van der Waals surface area contributed by atoms with Crippen molar-refractivity contribution < 1.29 is 4.92 Å². The standard InChI is InChI=1S/C8H6INO2/c9-8(6-10(11)12)7-4-2-1-3-5-7/h1-6H/b8-6-. The van der Waals surface area contributed by atoms with Gasteiger partial charge in [-0.1, -0.05) is 30.3 Å². The Bertz CT molecular complexity index is 308. The Labute approximate surface area is 83.4 Å². The van der Waals surface area contributed by atoms with Crippen LogP contribution in [0.2, 0.25) is 0 Å². The Morgan fingerprint density at radius 1 is 1.42 bits per heavy atom. The Hall–Kier alpha value is -0.910. The van der Waals surface area contributed by atoms with Crippen LogP contribution in [0.1, 0.15) is 5.56 Å². The molecule has 12 heavy (non-hydrogen) atoms. The van der Waals surface area contributed by atoms with Crippen LogP contribution >= 0.6 is 22.6 Å². The Morgan fingerprint density at radius 3 is 2.50 bits per heavy atom. The molecule has 3 nitrogen and oxygen atoms in total. The van der Waals surface area contributed by atoms with Crippen molar-refractivity contribution in [1.29, 1.82) is 0 Å². The van der Waals surface area contributed by atoms with Gasteiger partial charge in [0.2, 0.25) is 6.20 Å². The summed E-state index contributed by atoms with van der Waals surface area (Å²) >= 11 is 1.94. The van der Waals surface area contributed by atoms with Crippen molar-refractivity contribution >= 4 is 26.2 Å². The second-order valence-corrected chi connectivity index (χ2v) is 3.29. The lowest BCUT2D eigenvalue weighted by Gasteiger charge is -1.93. The number of hydrogen-bond donors (Lipinski definition) is 0. The maximum absolute atomic E-state index is 10.1. The van der Waals surface area contributed by atoms with E-state index in [9.17, 15) is 10.1 Å². The summed E-state index contributed by atoms with van der Waals surface area (Å²) in [5.41, 5.74) is 0.870. The van der Waals surface area contributed by atoms with E-state index in [1.807, 2.05) is 52.9 Å². The molecule has 0 heterocycles. The molecule has 1 aromatic carbocycles. The first-order valence-corrected chi connectivity index (χ1v) is 4.34. The average molecular weight is 275 g/mol. The van der Waals surface area contributed by atoms with Crippen molar-refractivity contribution in [2.45, 2.75) is 0 Å². The van der Waals surface area contributed by atoms with Crippen molar-refractivity contribution in [3.63, 3.8) is 0 Å². The Morgan fingerprint density at radius 2 is 2.00 bits per heavy atom. The number of nitro groups is 1. The van der Waals surface area contributed by atoms with Crippen LogP contribution < -0.4 is 0 Å². The minimum atomic E-state index is -0.450. The quantitative estimate of drug-likeness (QED) is 0.473. The van der Waals surface area contributed by atoms with E-state index in [1.54, 1.807) is 0 Å². The average Bonchev–Trinajstić information content (AvgIpc) is 2.05. The molecule has 0 aliphatic heterocycles. The Kier molecular flexibility index (Phi) is 3.21. The van der Waals surface area contributed by atoms with Gasteiger partial charge >= 0.3 is 0 Å². The van der Waals surface area contributed by atoms with Gasteiger partial charge < -0.3 is 0 Å². The van der Waals surface area contributed by atoms with Crippen molar-refractivity contribution in [3.05, 3.63) is 52.2 Å². The van der Waals surface area contributed by atoms with Gasteiger partial charge in [-0.2, -0.15) is 0 Å².